The fraction of sp³-hybridized carbons (Fsp3) is 0.222. The first-order chi connectivity index (χ1) is 12.9. The fourth-order valence-corrected chi connectivity index (χ4v) is 3.23. The number of anilines is 1. The lowest BCUT2D eigenvalue weighted by Gasteiger charge is -2.18. The van der Waals surface area contributed by atoms with Crippen molar-refractivity contribution < 1.29 is 4.39 Å². The van der Waals surface area contributed by atoms with E-state index in [1.54, 1.807) is 10.9 Å². The molecule has 9 heteroatoms. The highest BCUT2D eigenvalue weighted by atomic mass is 35.5. The van der Waals surface area contributed by atoms with E-state index in [0.717, 1.165) is 34.2 Å². The second-order valence-electron chi connectivity index (χ2n) is 6.29. The highest BCUT2D eigenvalue weighted by molar-refractivity contribution is 6.28. The molecule has 4 heterocycles. The summed E-state index contributed by atoms with van der Waals surface area (Å²) in [5, 5.41) is 7.28. The van der Waals surface area contributed by atoms with E-state index in [1.807, 2.05) is 43.9 Å². The summed E-state index contributed by atoms with van der Waals surface area (Å²) in [6.07, 6.45) is 4.73. The van der Waals surface area contributed by atoms with Crippen LogP contribution in [0.1, 0.15) is 18.7 Å². The topological polar surface area (TPSA) is 73.5 Å². The largest absolute Gasteiger partial charge is 0.359 e. The van der Waals surface area contributed by atoms with Gasteiger partial charge in [-0.1, -0.05) is 0 Å². The number of nitrogens with zero attached hydrogens (tertiary/aromatic N) is 6. The van der Waals surface area contributed by atoms with Gasteiger partial charge in [-0.3, -0.25) is 4.68 Å². The zero-order valence-corrected chi connectivity index (χ0v) is 15.7. The molecular formula is C18H17ClFN7. The molecule has 0 amide bonds. The summed E-state index contributed by atoms with van der Waals surface area (Å²) in [5.74, 6) is -0.539. The Morgan fingerprint density at radius 3 is 2.78 bits per heavy atom. The van der Waals surface area contributed by atoms with Gasteiger partial charge in [-0.25, -0.2) is 14.4 Å². The third-order valence-corrected chi connectivity index (χ3v) is 4.65. The molecule has 0 spiro atoms. The molecule has 27 heavy (non-hydrogen) atoms. The molecule has 0 fully saturated rings. The molecule has 0 aliphatic heterocycles. The van der Waals surface area contributed by atoms with Crippen LogP contribution < -0.4 is 5.32 Å². The van der Waals surface area contributed by atoms with Crippen LogP contribution in [-0.2, 0) is 14.1 Å². The fourth-order valence-electron chi connectivity index (χ4n) is 3.09. The van der Waals surface area contributed by atoms with Crippen molar-refractivity contribution in [3.63, 3.8) is 0 Å². The third-order valence-electron chi connectivity index (χ3n) is 4.47. The summed E-state index contributed by atoms with van der Waals surface area (Å²) >= 11 is 5.80. The number of aromatic nitrogens is 6. The van der Waals surface area contributed by atoms with Gasteiger partial charge in [0.15, 0.2) is 11.6 Å². The van der Waals surface area contributed by atoms with Crippen molar-refractivity contribution in [1.82, 2.24) is 29.3 Å². The van der Waals surface area contributed by atoms with Crippen molar-refractivity contribution in [3.05, 3.63) is 53.6 Å². The Bertz CT molecular complexity index is 1130. The van der Waals surface area contributed by atoms with Crippen molar-refractivity contribution in [2.75, 3.05) is 5.32 Å². The molecule has 4 aromatic rings. The minimum Gasteiger partial charge on any atom is -0.359 e. The molecule has 1 N–H and O–H groups in total. The first-order valence-corrected chi connectivity index (χ1v) is 8.70. The molecule has 0 aromatic carbocycles. The molecule has 0 saturated carbocycles. The maximum atomic E-state index is 14.1. The molecule has 1 unspecified atom stereocenters. The van der Waals surface area contributed by atoms with Crippen LogP contribution in [0, 0.1) is 5.82 Å². The molecular weight excluding hydrogens is 369 g/mol. The first kappa shape index (κ1) is 17.4. The summed E-state index contributed by atoms with van der Waals surface area (Å²) < 4.78 is 17.8. The molecule has 1 atom stereocenters. The number of fused-ring (bicyclic) bond motifs is 1. The number of aryl methyl sites for hydroxylation is 2. The van der Waals surface area contributed by atoms with Gasteiger partial charge >= 0.3 is 0 Å². The van der Waals surface area contributed by atoms with E-state index in [2.05, 4.69) is 26.4 Å². The van der Waals surface area contributed by atoms with E-state index in [0.29, 0.717) is 0 Å². The van der Waals surface area contributed by atoms with Gasteiger partial charge in [-0.15, -0.1) is 0 Å². The average Bonchev–Trinajstić information content (AvgIpc) is 3.23. The monoisotopic (exact) mass is 385 g/mol. The third kappa shape index (κ3) is 3.12. The van der Waals surface area contributed by atoms with Crippen molar-refractivity contribution in [2.45, 2.75) is 13.0 Å². The predicted molar refractivity (Wildman–Crippen MR) is 102 cm³/mol. The molecule has 138 valence electrons. The summed E-state index contributed by atoms with van der Waals surface area (Å²) in [5.41, 5.74) is 4.43. The maximum Gasteiger partial charge on any atom is 0.224 e. The average molecular weight is 386 g/mol. The van der Waals surface area contributed by atoms with Crippen LogP contribution in [0.4, 0.5) is 10.2 Å². The van der Waals surface area contributed by atoms with E-state index in [9.17, 15) is 4.39 Å². The van der Waals surface area contributed by atoms with Crippen LogP contribution in [0.15, 0.2) is 36.8 Å². The second kappa shape index (κ2) is 6.62. The van der Waals surface area contributed by atoms with Gasteiger partial charge in [-0.2, -0.15) is 10.1 Å². The zero-order chi connectivity index (χ0) is 19.1. The number of pyridine rings is 1. The Morgan fingerprint density at radius 1 is 1.22 bits per heavy atom. The van der Waals surface area contributed by atoms with Crippen LogP contribution in [0.3, 0.4) is 0 Å². The second-order valence-corrected chi connectivity index (χ2v) is 6.63. The minimum absolute atomic E-state index is 0.0237. The molecule has 7 nitrogen and oxygen atoms in total. The molecule has 4 aromatic heterocycles. The van der Waals surface area contributed by atoms with Gasteiger partial charge in [0, 0.05) is 32.1 Å². The van der Waals surface area contributed by atoms with Crippen LogP contribution in [0.25, 0.3) is 22.3 Å². The number of hydrogen-bond donors (Lipinski definition) is 1. The lowest BCUT2D eigenvalue weighted by molar-refractivity contribution is 0.613. The Labute approximate surface area is 159 Å². The number of hydrogen-bond acceptors (Lipinski definition) is 5. The summed E-state index contributed by atoms with van der Waals surface area (Å²) in [4.78, 5) is 12.4. The predicted octanol–water partition coefficient (Wildman–Crippen LogP) is 3.73. The van der Waals surface area contributed by atoms with Gasteiger partial charge in [-0.05, 0) is 36.7 Å². The van der Waals surface area contributed by atoms with Crippen molar-refractivity contribution in [1.29, 1.82) is 0 Å². The normalized spacial score (nSPS) is 12.5. The highest BCUT2D eigenvalue weighted by Crippen LogP contribution is 2.32. The summed E-state index contributed by atoms with van der Waals surface area (Å²) in [6.45, 7) is 1.90. The summed E-state index contributed by atoms with van der Waals surface area (Å²) in [7, 11) is 3.84. The number of rotatable bonds is 4. The van der Waals surface area contributed by atoms with Crippen molar-refractivity contribution in [3.8, 4) is 11.3 Å². The van der Waals surface area contributed by atoms with Crippen LogP contribution in [-0.4, -0.2) is 29.3 Å². The van der Waals surface area contributed by atoms with E-state index in [4.69, 9.17) is 16.6 Å². The Kier molecular flexibility index (Phi) is 4.27. The van der Waals surface area contributed by atoms with E-state index in [1.165, 1.54) is 0 Å². The Balaban J connectivity index is 1.84. The first-order valence-electron chi connectivity index (χ1n) is 8.33. The van der Waals surface area contributed by atoms with Gasteiger partial charge in [0.2, 0.25) is 5.28 Å². The van der Waals surface area contributed by atoms with E-state index in [-0.39, 0.29) is 17.1 Å². The van der Waals surface area contributed by atoms with Crippen LogP contribution in [0.5, 0.6) is 0 Å². The van der Waals surface area contributed by atoms with E-state index < -0.39 is 5.82 Å². The summed E-state index contributed by atoms with van der Waals surface area (Å²) in [6, 6.07) is 5.60. The molecule has 0 radical (unpaired) electrons. The van der Waals surface area contributed by atoms with Gasteiger partial charge < -0.3 is 9.88 Å². The standard InChI is InChI=1S/C18H17ClFN7/c1-10(23-17-12(20)9-21-18(19)25-17)16-11(14-4-6-22-27(14)3)8-15-13(24-16)5-7-26(15)2/h4-10H,1-3H3,(H,21,23,25). The zero-order valence-electron chi connectivity index (χ0n) is 15.0. The Morgan fingerprint density at radius 2 is 2.04 bits per heavy atom. The lowest BCUT2D eigenvalue weighted by Crippen LogP contribution is -2.13. The van der Waals surface area contributed by atoms with Crippen LogP contribution >= 0.6 is 11.6 Å². The highest BCUT2D eigenvalue weighted by Gasteiger charge is 2.20. The van der Waals surface area contributed by atoms with Gasteiger partial charge in [0.05, 0.1) is 34.7 Å². The van der Waals surface area contributed by atoms with Crippen LogP contribution in [0.2, 0.25) is 5.28 Å². The quantitative estimate of drug-likeness (QED) is 0.542. The number of nitrogens with one attached hydrogen (secondary N) is 1. The molecule has 0 saturated heterocycles. The minimum atomic E-state index is -0.575. The SMILES string of the molecule is CC(Nc1nc(Cl)ncc1F)c1nc2ccn(C)c2cc1-c1ccnn1C. The number of halogens is 2. The molecule has 4 rings (SSSR count). The Hall–Kier alpha value is -3.00. The van der Waals surface area contributed by atoms with Gasteiger partial charge in [0.25, 0.3) is 0 Å². The van der Waals surface area contributed by atoms with Crippen molar-refractivity contribution >= 4 is 28.5 Å². The van der Waals surface area contributed by atoms with E-state index >= 15 is 0 Å². The molecule has 0 aliphatic carbocycles. The molecule has 0 bridgehead atoms. The van der Waals surface area contributed by atoms with Crippen molar-refractivity contribution in [2.24, 2.45) is 14.1 Å². The van der Waals surface area contributed by atoms with Gasteiger partial charge in [0.1, 0.15) is 0 Å². The smallest absolute Gasteiger partial charge is 0.224 e. The lowest BCUT2D eigenvalue weighted by atomic mass is 10.0. The molecule has 0 aliphatic rings. The maximum absolute atomic E-state index is 14.1.